The zero-order valence-corrected chi connectivity index (χ0v) is 22.1. The standard InChI is InChI=1S/C27H32O15/c1-9-20(32)22(34)24(36)26(39-9)38-8-18-21(33)23(35)25(37)27(42-18)41-17-6-11(28)5-16-19(17)14(31)7-15(40-16)10-2-3-12(29)13(30)4-10/h2-6,9,15,18,20-30,32-37H,7-8H2,1H3/t9-,15?,18+,20-,21+,22+,23-,24+,25+,26+,27+/m0/s1. The molecule has 3 aliphatic rings. The summed E-state index contributed by atoms with van der Waals surface area (Å²) >= 11 is 0. The second-order valence-corrected chi connectivity index (χ2v) is 10.4. The van der Waals surface area contributed by atoms with E-state index in [1.165, 1.54) is 31.2 Å². The number of Topliss-reactive ketones (excluding diaryl/α,β-unsaturated/α-hetero) is 1. The van der Waals surface area contributed by atoms with E-state index in [2.05, 4.69) is 0 Å². The molecule has 3 heterocycles. The van der Waals surface area contributed by atoms with Crippen LogP contribution in [0, 0.1) is 0 Å². The first-order valence-electron chi connectivity index (χ1n) is 13.1. The number of ketones is 1. The topological polar surface area (TPSA) is 245 Å². The molecule has 3 aliphatic heterocycles. The summed E-state index contributed by atoms with van der Waals surface area (Å²) in [7, 11) is 0. The number of aliphatic hydroxyl groups is 6. The molecule has 0 radical (unpaired) electrons. The summed E-state index contributed by atoms with van der Waals surface area (Å²) in [4.78, 5) is 13.2. The molecule has 0 aromatic heterocycles. The Kier molecular flexibility index (Phi) is 8.48. The molecule has 11 atom stereocenters. The Morgan fingerprint density at radius 2 is 1.50 bits per heavy atom. The second-order valence-electron chi connectivity index (χ2n) is 10.4. The monoisotopic (exact) mass is 596 g/mol. The van der Waals surface area contributed by atoms with Crippen molar-refractivity contribution in [2.24, 2.45) is 0 Å². The van der Waals surface area contributed by atoms with E-state index in [0.29, 0.717) is 5.56 Å². The van der Waals surface area contributed by atoms with Crippen LogP contribution in [-0.4, -0.2) is 120 Å². The van der Waals surface area contributed by atoms with E-state index in [0.717, 1.165) is 6.07 Å². The molecule has 0 aliphatic carbocycles. The molecule has 0 spiro atoms. The van der Waals surface area contributed by atoms with Gasteiger partial charge in [-0.2, -0.15) is 0 Å². The van der Waals surface area contributed by atoms with Crippen LogP contribution in [0.2, 0.25) is 0 Å². The molecule has 0 amide bonds. The minimum atomic E-state index is -1.82. The average molecular weight is 597 g/mol. The zero-order chi connectivity index (χ0) is 30.5. The number of aliphatic hydroxyl groups excluding tert-OH is 6. The van der Waals surface area contributed by atoms with E-state index in [4.69, 9.17) is 23.7 Å². The molecule has 0 saturated carbocycles. The van der Waals surface area contributed by atoms with Crippen LogP contribution < -0.4 is 9.47 Å². The first-order valence-corrected chi connectivity index (χ1v) is 13.1. The lowest BCUT2D eigenvalue weighted by Gasteiger charge is -2.42. The van der Waals surface area contributed by atoms with Crippen molar-refractivity contribution in [3.8, 4) is 28.7 Å². The van der Waals surface area contributed by atoms with Crippen LogP contribution in [0.4, 0.5) is 0 Å². The number of fused-ring (bicyclic) bond motifs is 1. The third-order valence-electron chi connectivity index (χ3n) is 7.49. The summed E-state index contributed by atoms with van der Waals surface area (Å²) in [6.45, 7) is 0.924. The molecule has 230 valence electrons. The molecule has 9 N–H and O–H groups in total. The number of hydrogen-bond acceptors (Lipinski definition) is 15. The van der Waals surface area contributed by atoms with E-state index >= 15 is 0 Å². The van der Waals surface area contributed by atoms with E-state index < -0.39 is 85.7 Å². The molecule has 5 rings (SSSR count). The highest BCUT2D eigenvalue weighted by atomic mass is 16.7. The number of benzene rings is 2. The molecule has 2 fully saturated rings. The van der Waals surface area contributed by atoms with Crippen LogP contribution >= 0.6 is 0 Å². The summed E-state index contributed by atoms with van der Waals surface area (Å²) < 4.78 is 28.0. The first-order chi connectivity index (χ1) is 19.8. The zero-order valence-electron chi connectivity index (χ0n) is 22.1. The number of phenols is 3. The van der Waals surface area contributed by atoms with Gasteiger partial charge in [-0.25, -0.2) is 0 Å². The molecule has 15 nitrogen and oxygen atoms in total. The normalized spacial score (nSPS) is 36.6. The quantitative estimate of drug-likeness (QED) is 0.173. The van der Waals surface area contributed by atoms with Gasteiger partial charge in [-0.1, -0.05) is 6.07 Å². The van der Waals surface area contributed by atoms with Gasteiger partial charge in [-0.05, 0) is 24.6 Å². The van der Waals surface area contributed by atoms with Crippen molar-refractivity contribution < 1.29 is 74.4 Å². The third kappa shape index (κ3) is 5.70. The number of rotatable bonds is 6. The number of carbonyl (C=O) groups is 1. The van der Waals surface area contributed by atoms with Gasteiger partial charge in [0, 0.05) is 12.1 Å². The SMILES string of the molecule is C[C@@H]1O[C@@H](OC[C@H]2O[C@@H](Oc3cc(O)cc4c3C(=O)CC(c3ccc(O)c(O)c3)O4)[C@H](O)[C@@H](O)[C@@H]2O)[C@H](O)[C@H](O)[C@H]1O. The molecular formula is C27H32O15. The van der Waals surface area contributed by atoms with Crippen molar-refractivity contribution in [3.63, 3.8) is 0 Å². The third-order valence-corrected chi connectivity index (χ3v) is 7.49. The highest BCUT2D eigenvalue weighted by Gasteiger charge is 2.48. The number of phenolic OH excluding ortho intramolecular Hbond substituents is 3. The number of aromatic hydroxyl groups is 3. The molecule has 42 heavy (non-hydrogen) atoms. The van der Waals surface area contributed by atoms with Crippen LogP contribution in [-0.2, 0) is 14.2 Å². The summed E-state index contributed by atoms with van der Waals surface area (Å²) in [5.74, 6) is -1.98. The molecule has 1 unspecified atom stereocenters. The van der Waals surface area contributed by atoms with Gasteiger partial charge < -0.3 is 69.6 Å². The fraction of sp³-hybridized carbons (Fsp3) is 0.519. The Labute approximate surface area is 238 Å². The fourth-order valence-electron chi connectivity index (χ4n) is 5.05. The number of carbonyl (C=O) groups excluding carboxylic acids is 1. The lowest BCUT2D eigenvalue weighted by atomic mass is 9.95. The largest absolute Gasteiger partial charge is 0.508 e. The van der Waals surface area contributed by atoms with Gasteiger partial charge >= 0.3 is 0 Å². The van der Waals surface area contributed by atoms with E-state index in [-0.39, 0.29) is 35.0 Å². The Bertz CT molecular complexity index is 1300. The Morgan fingerprint density at radius 3 is 2.21 bits per heavy atom. The number of ether oxygens (including phenoxy) is 5. The Hall–Kier alpha value is -3.25. The van der Waals surface area contributed by atoms with Crippen molar-refractivity contribution >= 4 is 5.78 Å². The summed E-state index contributed by atoms with van der Waals surface area (Å²) in [6, 6.07) is 6.17. The molecule has 0 bridgehead atoms. The van der Waals surface area contributed by atoms with Gasteiger partial charge in [0.15, 0.2) is 23.6 Å². The summed E-state index contributed by atoms with van der Waals surface area (Å²) in [5.41, 5.74) is 0.279. The van der Waals surface area contributed by atoms with Crippen molar-refractivity contribution in [2.45, 2.75) is 80.9 Å². The van der Waals surface area contributed by atoms with Crippen molar-refractivity contribution in [1.82, 2.24) is 0 Å². The van der Waals surface area contributed by atoms with Crippen LogP contribution in [0.1, 0.15) is 35.4 Å². The van der Waals surface area contributed by atoms with Crippen molar-refractivity contribution in [3.05, 3.63) is 41.5 Å². The Morgan fingerprint density at radius 1 is 0.810 bits per heavy atom. The Balaban J connectivity index is 1.33. The van der Waals surface area contributed by atoms with E-state index in [1.807, 2.05) is 0 Å². The summed E-state index contributed by atoms with van der Waals surface area (Å²) in [5, 5.41) is 91.3. The van der Waals surface area contributed by atoms with E-state index in [9.17, 15) is 50.8 Å². The first kappa shape index (κ1) is 30.2. The van der Waals surface area contributed by atoms with Crippen LogP contribution in [0.3, 0.4) is 0 Å². The molecule has 2 saturated heterocycles. The summed E-state index contributed by atoms with van der Waals surface area (Å²) in [6.07, 6.45) is -16.4. The lowest BCUT2D eigenvalue weighted by Crippen LogP contribution is -2.61. The van der Waals surface area contributed by atoms with Crippen LogP contribution in [0.15, 0.2) is 30.3 Å². The van der Waals surface area contributed by atoms with Gasteiger partial charge in [-0.3, -0.25) is 4.79 Å². The van der Waals surface area contributed by atoms with Crippen LogP contribution in [0.5, 0.6) is 28.7 Å². The van der Waals surface area contributed by atoms with Gasteiger partial charge in [0.25, 0.3) is 0 Å². The smallest absolute Gasteiger partial charge is 0.229 e. The second kappa shape index (κ2) is 11.8. The highest BCUT2D eigenvalue weighted by molar-refractivity contribution is 6.02. The van der Waals surface area contributed by atoms with Crippen molar-refractivity contribution in [1.29, 1.82) is 0 Å². The minimum Gasteiger partial charge on any atom is -0.508 e. The maximum atomic E-state index is 13.2. The lowest BCUT2D eigenvalue weighted by molar-refractivity contribution is -0.318. The fourth-order valence-corrected chi connectivity index (χ4v) is 5.05. The predicted molar refractivity (Wildman–Crippen MR) is 136 cm³/mol. The highest BCUT2D eigenvalue weighted by Crippen LogP contribution is 2.44. The van der Waals surface area contributed by atoms with Gasteiger partial charge in [0.05, 0.1) is 19.1 Å². The number of hydrogen-bond donors (Lipinski definition) is 9. The average Bonchev–Trinajstić information content (AvgIpc) is 2.94. The molecule has 2 aromatic carbocycles. The van der Waals surface area contributed by atoms with Gasteiger partial charge in [0.1, 0.15) is 71.6 Å². The van der Waals surface area contributed by atoms with Gasteiger partial charge in [0.2, 0.25) is 6.29 Å². The molecule has 15 heteroatoms. The van der Waals surface area contributed by atoms with Crippen molar-refractivity contribution in [2.75, 3.05) is 6.61 Å². The minimum absolute atomic E-state index is 0.0807. The van der Waals surface area contributed by atoms with Crippen LogP contribution in [0.25, 0.3) is 0 Å². The predicted octanol–water partition coefficient (Wildman–Crippen LogP) is -1.46. The van der Waals surface area contributed by atoms with E-state index in [1.54, 1.807) is 0 Å². The maximum Gasteiger partial charge on any atom is 0.229 e. The molecular weight excluding hydrogens is 564 g/mol. The van der Waals surface area contributed by atoms with Gasteiger partial charge in [-0.15, -0.1) is 0 Å². The maximum absolute atomic E-state index is 13.2. The molecule has 2 aromatic rings.